The zero-order valence-electron chi connectivity index (χ0n) is 16.7. The number of benzene rings is 1. The summed E-state index contributed by atoms with van der Waals surface area (Å²) < 4.78 is 0. The van der Waals surface area contributed by atoms with Gasteiger partial charge in [0, 0.05) is 31.7 Å². The Labute approximate surface area is 159 Å². The van der Waals surface area contributed by atoms with Crippen molar-refractivity contribution in [2.24, 2.45) is 0 Å². The molecular weight excluding hydrogens is 324 g/mol. The van der Waals surface area contributed by atoms with E-state index in [1.807, 2.05) is 6.07 Å². The molecule has 5 nitrogen and oxygen atoms in total. The molecule has 2 N–H and O–H groups in total. The molecule has 0 radical (unpaired) electrons. The number of urea groups is 1. The van der Waals surface area contributed by atoms with Gasteiger partial charge in [-0.1, -0.05) is 36.8 Å². The lowest BCUT2D eigenvalue weighted by Crippen LogP contribution is -2.45. The van der Waals surface area contributed by atoms with Crippen molar-refractivity contribution in [2.45, 2.75) is 51.1 Å². The molecule has 0 bridgehead atoms. The monoisotopic (exact) mass is 360 g/mol. The summed E-state index contributed by atoms with van der Waals surface area (Å²) in [6, 6.07) is 11.3. The van der Waals surface area contributed by atoms with E-state index in [2.05, 4.69) is 65.7 Å². The van der Waals surface area contributed by atoms with E-state index in [4.69, 9.17) is 0 Å². The topological polar surface area (TPSA) is 47.6 Å². The average Bonchev–Trinajstić information content (AvgIpc) is 2.64. The second-order valence-electron chi connectivity index (χ2n) is 7.68. The number of rotatable bonds is 9. The van der Waals surface area contributed by atoms with Gasteiger partial charge in [-0.2, -0.15) is 0 Å². The van der Waals surface area contributed by atoms with E-state index in [9.17, 15) is 4.79 Å². The Bertz CT molecular complexity index is 520. The summed E-state index contributed by atoms with van der Waals surface area (Å²) in [5.41, 5.74) is 1.30. The number of carbonyl (C=O) groups is 1. The maximum atomic E-state index is 12.1. The van der Waals surface area contributed by atoms with Crippen molar-refractivity contribution in [2.75, 3.05) is 40.3 Å². The van der Waals surface area contributed by atoms with Crippen molar-refractivity contribution >= 4 is 6.03 Å². The van der Waals surface area contributed by atoms with Gasteiger partial charge in [0.25, 0.3) is 0 Å². The van der Waals surface area contributed by atoms with Crippen LogP contribution in [-0.4, -0.2) is 68.2 Å². The van der Waals surface area contributed by atoms with Crippen LogP contribution in [-0.2, 0) is 6.42 Å². The molecule has 1 aliphatic rings. The van der Waals surface area contributed by atoms with Crippen LogP contribution >= 0.6 is 0 Å². The predicted octanol–water partition coefficient (Wildman–Crippen LogP) is 2.72. The van der Waals surface area contributed by atoms with E-state index in [-0.39, 0.29) is 12.1 Å². The maximum absolute atomic E-state index is 12.1. The molecule has 0 spiro atoms. The van der Waals surface area contributed by atoms with Crippen LogP contribution in [0.1, 0.15) is 38.2 Å². The molecule has 1 saturated heterocycles. The first-order chi connectivity index (χ1) is 12.6. The van der Waals surface area contributed by atoms with Crippen LogP contribution in [0.25, 0.3) is 0 Å². The SMILES string of the molecule is CC1CCCCN1CCCNC(=O)NCC(Cc1ccccc1)N(C)C. The summed E-state index contributed by atoms with van der Waals surface area (Å²) in [7, 11) is 4.12. The fraction of sp³-hybridized carbons (Fsp3) is 0.667. The summed E-state index contributed by atoms with van der Waals surface area (Å²) in [5.74, 6) is 0. The highest BCUT2D eigenvalue weighted by Gasteiger charge is 2.17. The van der Waals surface area contributed by atoms with E-state index in [0.717, 1.165) is 25.9 Å². The lowest BCUT2D eigenvalue weighted by molar-refractivity contribution is 0.159. The molecule has 2 amide bonds. The molecule has 1 aromatic carbocycles. The molecule has 2 atom stereocenters. The highest BCUT2D eigenvalue weighted by atomic mass is 16.2. The highest BCUT2D eigenvalue weighted by Crippen LogP contribution is 2.16. The number of nitrogens with zero attached hydrogens (tertiary/aromatic N) is 2. The van der Waals surface area contributed by atoms with Gasteiger partial charge in [0.2, 0.25) is 0 Å². The van der Waals surface area contributed by atoms with E-state index in [1.54, 1.807) is 0 Å². The molecule has 5 heteroatoms. The quantitative estimate of drug-likeness (QED) is 0.666. The lowest BCUT2D eigenvalue weighted by Gasteiger charge is -2.33. The molecule has 0 aliphatic carbocycles. The first kappa shape index (κ1) is 20.7. The Morgan fingerprint density at radius 1 is 1.23 bits per heavy atom. The normalized spacial score (nSPS) is 19.3. The van der Waals surface area contributed by atoms with Crippen molar-refractivity contribution in [3.05, 3.63) is 35.9 Å². The van der Waals surface area contributed by atoms with Gasteiger partial charge < -0.3 is 20.4 Å². The van der Waals surface area contributed by atoms with Crippen molar-refractivity contribution in [3.63, 3.8) is 0 Å². The summed E-state index contributed by atoms with van der Waals surface area (Å²) in [5, 5.41) is 6.03. The third-order valence-electron chi connectivity index (χ3n) is 5.39. The minimum Gasteiger partial charge on any atom is -0.338 e. The van der Waals surface area contributed by atoms with Gasteiger partial charge in [0.05, 0.1) is 0 Å². The van der Waals surface area contributed by atoms with Crippen molar-refractivity contribution in [3.8, 4) is 0 Å². The Balaban J connectivity index is 1.63. The lowest BCUT2D eigenvalue weighted by atomic mass is 10.0. The van der Waals surface area contributed by atoms with Gasteiger partial charge in [-0.05, 0) is 58.8 Å². The number of hydrogen-bond donors (Lipinski definition) is 2. The van der Waals surface area contributed by atoms with Gasteiger partial charge in [-0.3, -0.25) is 0 Å². The minimum atomic E-state index is -0.0587. The Morgan fingerprint density at radius 3 is 2.69 bits per heavy atom. The molecular formula is C21H36N4O. The Morgan fingerprint density at radius 2 is 2.00 bits per heavy atom. The molecule has 26 heavy (non-hydrogen) atoms. The smallest absolute Gasteiger partial charge is 0.314 e. The number of amides is 2. The zero-order chi connectivity index (χ0) is 18.8. The fourth-order valence-electron chi connectivity index (χ4n) is 3.57. The van der Waals surface area contributed by atoms with E-state index in [1.165, 1.54) is 31.4 Å². The summed E-state index contributed by atoms with van der Waals surface area (Å²) >= 11 is 0. The number of piperidine rings is 1. The molecule has 1 heterocycles. The van der Waals surface area contributed by atoms with Crippen molar-refractivity contribution in [1.29, 1.82) is 0 Å². The molecule has 1 aromatic rings. The van der Waals surface area contributed by atoms with Crippen molar-refractivity contribution in [1.82, 2.24) is 20.4 Å². The van der Waals surface area contributed by atoms with Gasteiger partial charge in [0.1, 0.15) is 0 Å². The molecule has 2 rings (SSSR count). The summed E-state index contributed by atoms with van der Waals surface area (Å²) in [6.45, 7) is 5.98. The largest absolute Gasteiger partial charge is 0.338 e. The van der Waals surface area contributed by atoms with E-state index in [0.29, 0.717) is 12.6 Å². The standard InChI is InChI=1S/C21H36N4O/c1-18-10-7-8-14-25(18)15-9-13-22-21(26)23-17-20(24(2)3)16-19-11-5-4-6-12-19/h4-6,11-12,18,20H,7-10,13-17H2,1-3H3,(H2,22,23,26). The van der Waals surface area contributed by atoms with Crippen molar-refractivity contribution < 1.29 is 4.79 Å². The van der Waals surface area contributed by atoms with Crippen LogP contribution in [0.15, 0.2) is 30.3 Å². The van der Waals surface area contributed by atoms with Crippen LogP contribution in [0, 0.1) is 0 Å². The van der Waals surface area contributed by atoms with Gasteiger partial charge in [-0.15, -0.1) is 0 Å². The van der Waals surface area contributed by atoms with Gasteiger partial charge in [0.15, 0.2) is 0 Å². The van der Waals surface area contributed by atoms with Gasteiger partial charge in [-0.25, -0.2) is 4.79 Å². The first-order valence-electron chi connectivity index (χ1n) is 10.0. The zero-order valence-corrected chi connectivity index (χ0v) is 16.7. The van der Waals surface area contributed by atoms with Crippen LogP contribution in [0.2, 0.25) is 0 Å². The molecule has 1 fully saturated rings. The van der Waals surface area contributed by atoms with Crippen LogP contribution in [0.5, 0.6) is 0 Å². The molecule has 0 saturated carbocycles. The molecule has 2 unspecified atom stereocenters. The minimum absolute atomic E-state index is 0.0587. The number of carbonyl (C=O) groups excluding carboxylic acids is 1. The van der Waals surface area contributed by atoms with Crippen LogP contribution in [0.4, 0.5) is 4.79 Å². The Kier molecular flexibility index (Phi) is 8.92. The third-order valence-corrected chi connectivity index (χ3v) is 5.39. The number of nitrogens with one attached hydrogen (secondary N) is 2. The molecule has 1 aliphatic heterocycles. The molecule has 0 aromatic heterocycles. The average molecular weight is 361 g/mol. The summed E-state index contributed by atoms with van der Waals surface area (Å²) in [6.07, 6.45) is 5.92. The molecule has 146 valence electrons. The maximum Gasteiger partial charge on any atom is 0.314 e. The number of likely N-dealkylation sites (N-methyl/N-ethyl adjacent to an activating group) is 1. The van der Waals surface area contributed by atoms with Gasteiger partial charge >= 0.3 is 6.03 Å². The summed E-state index contributed by atoms with van der Waals surface area (Å²) in [4.78, 5) is 16.8. The predicted molar refractivity (Wildman–Crippen MR) is 109 cm³/mol. The van der Waals surface area contributed by atoms with E-state index < -0.39 is 0 Å². The van der Waals surface area contributed by atoms with Crippen LogP contribution in [0.3, 0.4) is 0 Å². The highest BCUT2D eigenvalue weighted by molar-refractivity contribution is 5.73. The third kappa shape index (κ3) is 7.34. The van der Waals surface area contributed by atoms with Crippen LogP contribution < -0.4 is 10.6 Å². The number of likely N-dealkylation sites (tertiary alicyclic amines) is 1. The fourth-order valence-corrected chi connectivity index (χ4v) is 3.57. The number of hydrogen-bond acceptors (Lipinski definition) is 3. The second kappa shape index (κ2) is 11.2. The second-order valence-corrected chi connectivity index (χ2v) is 7.68. The first-order valence-corrected chi connectivity index (χ1v) is 10.0. The van der Waals surface area contributed by atoms with E-state index >= 15 is 0 Å². The Hall–Kier alpha value is -1.59.